The lowest BCUT2D eigenvalue weighted by Crippen LogP contribution is -2.41. The van der Waals surface area contributed by atoms with E-state index < -0.39 is 10.0 Å². The van der Waals surface area contributed by atoms with Gasteiger partial charge in [-0.15, -0.1) is 0 Å². The second-order valence-electron chi connectivity index (χ2n) is 7.74. The predicted molar refractivity (Wildman–Crippen MR) is 134 cm³/mol. The summed E-state index contributed by atoms with van der Waals surface area (Å²) in [5, 5.41) is 0.996. The summed E-state index contributed by atoms with van der Waals surface area (Å²) in [5.74, 6) is 8.59. The van der Waals surface area contributed by atoms with Crippen LogP contribution in [0.1, 0.15) is 5.56 Å². The SMILES string of the molecule is NN.O=S(=O)(Cc1ccc(-c2nc(-c3ccccc3)c3ccccc3n2)cc1)N1CCOCC1. The molecule has 8 nitrogen and oxygen atoms in total. The molecule has 176 valence electrons. The molecule has 0 atom stereocenters. The summed E-state index contributed by atoms with van der Waals surface area (Å²) < 4.78 is 32.2. The Bertz CT molecular complexity index is 1340. The zero-order chi connectivity index (χ0) is 24.0. The molecule has 1 aromatic heterocycles. The van der Waals surface area contributed by atoms with Gasteiger partial charge in [0.15, 0.2) is 5.82 Å². The maximum absolute atomic E-state index is 12.7. The van der Waals surface area contributed by atoms with E-state index in [0.717, 1.165) is 33.3 Å². The molecule has 34 heavy (non-hydrogen) atoms. The molecule has 1 saturated heterocycles. The van der Waals surface area contributed by atoms with E-state index in [1.54, 1.807) is 0 Å². The Labute approximate surface area is 199 Å². The molecule has 3 aromatic carbocycles. The van der Waals surface area contributed by atoms with Gasteiger partial charge in [-0.05, 0) is 11.6 Å². The van der Waals surface area contributed by atoms with E-state index in [2.05, 4.69) is 11.7 Å². The lowest BCUT2D eigenvalue weighted by Gasteiger charge is -2.26. The number of aromatic nitrogens is 2. The van der Waals surface area contributed by atoms with Gasteiger partial charge in [-0.2, -0.15) is 4.31 Å². The first-order valence-electron chi connectivity index (χ1n) is 10.9. The number of nitrogens with zero attached hydrogens (tertiary/aromatic N) is 3. The molecule has 1 aliphatic heterocycles. The first kappa shape index (κ1) is 23.9. The van der Waals surface area contributed by atoms with Gasteiger partial charge < -0.3 is 4.74 Å². The smallest absolute Gasteiger partial charge is 0.218 e. The molecule has 0 unspecified atom stereocenters. The Morgan fingerprint density at radius 2 is 1.44 bits per heavy atom. The summed E-state index contributed by atoms with van der Waals surface area (Å²) in [6.45, 7) is 1.71. The van der Waals surface area contributed by atoms with Crippen molar-refractivity contribution in [2.75, 3.05) is 26.3 Å². The third-order valence-electron chi connectivity index (χ3n) is 5.58. The van der Waals surface area contributed by atoms with E-state index in [4.69, 9.17) is 14.7 Å². The van der Waals surface area contributed by atoms with E-state index in [1.165, 1.54) is 4.31 Å². The predicted octanol–water partition coefficient (Wildman–Crippen LogP) is 2.94. The fourth-order valence-corrected chi connectivity index (χ4v) is 5.40. The summed E-state index contributed by atoms with van der Waals surface area (Å²) in [5.41, 5.74) is 4.37. The van der Waals surface area contributed by atoms with Crippen LogP contribution in [0, 0.1) is 0 Å². The Balaban J connectivity index is 0.00000133. The number of para-hydroxylation sites is 1. The topological polar surface area (TPSA) is 124 Å². The molecule has 0 saturated carbocycles. The van der Waals surface area contributed by atoms with Crippen LogP contribution in [0.5, 0.6) is 0 Å². The number of hydrogen-bond acceptors (Lipinski definition) is 7. The quantitative estimate of drug-likeness (QED) is 0.334. The second-order valence-corrected chi connectivity index (χ2v) is 9.71. The highest BCUT2D eigenvalue weighted by Gasteiger charge is 2.24. The normalized spacial score (nSPS) is 14.4. The van der Waals surface area contributed by atoms with Gasteiger partial charge in [0.2, 0.25) is 10.0 Å². The molecular formula is C25H27N5O3S. The van der Waals surface area contributed by atoms with Gasteiger partial charge in [0, 0.05) is 29.6 Å². The number of fused-ring (bicyclic) bond motifs is 1. The number of sulfonamides is 1. The van der Waals surface area contributed by atoms with Crippen LogP contribution in [0.3, 0.4) is 0 Å². The maximum atomic E-state index is 12.7. The summed E-state index contributed by atoms with van der Waals surface area (Å²) in [6.07, 6.45) is 0. The molecule has 0 amide bonds. The van der Waals surface area contributed by atoms with Crippen molar-refractivity contribution < 1.29 is 13.2 Å². The first-order valence-corrected chi connectivity index (χ1v) is 12.5. The number of ether oxygens (including phenoxy) is 1. The number of nitrogens with two attached hydrogens (primary N) is 2. The van der Waals surface area contributed by atoms with Crippen LogP contribution in [-0.4, -0.2) is 49.0 Å². The zero-order valence-electron chi connectivity index (χ0n) is 18.7. The van der Waals surface area contributed by atoms with Crippen molar-refractivity contribution in [1.29, 1.82) is 0 Å². The number of hydrazine groups is 1. The zero-order valence-corrected chi connectivity index (χ0v) is 19.5. The molecule has 1 aliphatic rings. The molecular weight excluding hydrogens is 450 g/mol. The van der Waals surface area contributed by atoms with Gasteiger partial charge in [-0.25, -0.2) is 18.4 Å². The van der Waals surface area contributed by atoms with E-state index in [1.807, 2.05) is 78.9 Å². The Hall–Kier alpha value is -3.21. The number of benzene rings is 3. The monoisotopic (exact) mass is 477 g/mol. The van der Waals surface area contributed by atoms with Crippen molar-refractivity contribution in [2.45, 2.75) is 5.75 Å². The standard InChI is InChI=1S/C25H23N3O3S.H4N2/c29-32(30,28-14-16-31-17-15-28)18-19-10-12-21(13-11-19)25-26-23-9-5-4-8-22(23)24(27-25)20-6-2-1-3-7-20;1-2/h1-13H,14-18H2;1-2H2. The molecule has 1 fully saturated rings. The van der Waals surface area contributed by atoms with Crippen molar-refractivity contribution in [1.82, 2.24) is 14.3 Å². The highest BCUT2D eigenvalue weighted by Crippen LogP contribution is 2.29. The van der Waals surface area contributed by atoms with Gasteiger partial charge in [0.1, 0.15) is 0 Å². The van der Waals surface area contributed by atoms with Crippen molar-refractivity contribution in [2.24, 2.45) is 11.7 Å². The largest absolute Gasteiger partial charge is 0.379 e. The molecule has 9 heteroatoms. The third-order valence-corrected chi connectivity index (χ3v) is 7.43. The summed E-state index contributed by atoms with van der Waals surface area (Å²) >= 11 is 0. The van der Waals surface area contributed by atoms with E-state index in [0.29, 0.717) is 32.1 Å². The average Bonchev–Trinajstić information content (AvgIpc) is 2.90. The van der Waals surface area contributed by atoms with Crippen LogP contribution < -0.4 is 11.7 Å². The van der Waals surface area contributed by atoms with Crippen LogP contribution in [0.15, 0.2) is 78.9 Å². The fourth-order valence-electron chi connectivity index (χ4n) is 3.90. The number of rotatable bonds is 5. The minimum absolute atomic E-state index is 0.0267. The van der Waals surface area contributed by atoms with Gasteiger partial charge in [0.25, 0.3) is 0 Å². The Morgan fingerprint density at radius 3 is 2.15 bits per heavy atom. The molecule has 0 bridgehead atoms. The van der Waals surface area contributed by atoms with Crippen molar-refractivity contribution >= 4 is 20.9 Å². The molecule has 0 aliphatic carbocycles. The molecule has 0 radical (unpaired) electrons. The molecule has 5 rings (SSSR count). The first-order chi connectivity index (χ1) is 16.6. The lowest BCUT2D eigenvalue weighted by molar-refractivity contribution is 0.0729. The van der Waals surface area contributed by atoms with Gasteiger partial charge in [-0.1, -0.05) is 72.8 Å². The fraction of sp³-hybridized carbons (Fsp3) is 0.200. The van der Waals surface area contributed by atoms with Crippen LogP contribution in [-0.2, 0) is 20.5 Å². The van der Waals surface area contributed by atoms with Crippen LogP contribution in [0.25, 0.3) is 33.5 Å². The van der Waals surface area contributed by atoms with Gasteiger partial charge >= 0.3 is 0 Å². The van der Waals surface area contributed by atoms with E-state index in [9.17, 15) is 8.42 Å². The molecule has 4 N–H and O–H groups in total. The minimum Gasteiger partial charge on any atom is -0.379 e. The molecule has 0 spiro atoms. The third kappa shape index (κ3) is 5.30. The Kier molecular flexibility index (Phi) is 7.61. The van der Waals surface area contributed by atoms with Crippen LogP contribution in [0.4, 0.5) is 0 Å². The van der Waals surface area contributed by atoms with Crippen molar-refractivity contribution in [3.05, 3.63) is 84.4 Å². The summed E-state index contributed by atoms with van der Waals surface area (Å²) in [7, 11) is -3.36. The van der Waals surface area contributed by atoms with Crippen molar-refractivity contribution in [3.63, 3.8) is 0 Å². The van der Waals surface area contributed by atoms with Crippen molar-refractivity contribution in [3.8, 4) is 22.6 Å². The average molecular weight is 478 g/mol. The van der Waals surface area contributed by atoms with Crippen LogP contribution in [0.2, 0.25) is 0 Å². The van der Waals surface area contributed by atoms with Gasteiger partial charge in [-0.3, -0.25) is 11.7 Å². The highest BCUT2D eigenvalue weighted by atomic mass is 32.2. The highest BCUT2D eigenvalue weighted by molar-refractivity contribution is 7.88. The molecule has 2 heterocycles. The Morgan fingerprint density at radius 1 is 0.794 bits per heavy atom. The van der Waals surface area contributed by atoms with Gasteiger partial charge in [0.05, 0.1) is 30.2 Å². The lowest BCUT2D eigenvalue weighted by atomic mass is 10.1. The minimum atomic E-state index is -3.36. The van der Waals surface area contributed by atoms with E-state index >= 15 is 0 Å². The number of hydrogen-bond donors (Lipinski definition) is 2. The summed E-state index contributed by atoms with van der Waals surface area (Å²) in [6, 6.07) is 25.5. The second kappa shape index (κ2) is 10.8. The maximum Gasteiger partial charge on any atom is 0.218 e. The number of morpholine rings is 1. The summed E-state index contributed by atoms with van der Waals surface area (Å²) in [4.78, 5) is 9.63. The molecule has 4 aromatic rings. The van der Waals surface area contributed by atoms with E-state index in [-0.39, 0.29) is 5.75 Å². The van der Waals surface area contributed by atoms with Crippen LogP contribution >= 0.6 is 0 Å².